The van der Waals surface area contributed by atoms with E-state index in [9.17, 15) is 22.0 Å². The van der Waals surface area contributed by atoms with E-state index in [1.807, 2.05) is 39.5 Å². The lowest BCUT2D eigenvalue weighted by atomic mass is 10.1. The third-order valence-electron chi connectivity index (χ3n) is 5.14. The van der Waals surface area contributed by atoms with Crippen LogP contribution in [0.15, 0.2) is 24.5 Å². The van der Waals surface area contributed by atoms with E-state index in [0.717, 1.165) is 32.0 Å². The average Bonchev–Trinajstić information content (AvgIpc) is 3.28. The fraction of sp³-hybridized carbons (Fsp3) is 0.667. The molecule has 0 aromatic carbocycles. The minimum absolute atomic E-state index is 0.0765. The quantitative estimate of drug-likeness (QED) is 0.377. The predicted molar refractivity (Wildman–Crippen MR) is 129 cm³/mol. The van der Waals surface area contributed by atoms with Crippen LogP contribution in [0.3, 0.4) is 0 Å². The van der Waals surface area contributed by atoms with Gasteiger partial charge in [0.05, 0.1) is 17.8 Å². The number of hydrogen-bond donors (Lipinski definition) is 1. The standard InChI is InChI=1S/C12H13F3N4.C10H21F2N.C2H6/c1-7(2)19-4-3-10(18-19)8-5-9(12(13,14)15)11(16)17-6-8;1-4-9(3)6-7-13(5-2)8-10(11)12;1-2/h3-7H,1-2H3,(H2,16,17);9-10H,4-8H2,1-3H3;1-2H3. The number of rotatable bonds is 9. The second-order valence-corrected chi connectivity index (χ2v) is 8.02. The van der Waals surface area contributed by atoms with Gasteiger partial charge in [-0.25, -0.2) is 13.8 Å². The van der Waals surface area contributed by atoms with Crippen molar-refractivity contribution in [3.63, 3.8) is 0 Å². The molecule has 0 saturated heterocycles. The molecule has 5 nitrogen and oxygen atoms in total. The van der Waals surface area contributed by atoms with Crippen LogP contribution in [-0.2, 0) is 6.18 Å². The van der Waals surface area contributed by atoms with Gasteiger partial charge in [-0.05, 0) is 51.4 Å². The summed E-state index contributed by atoms with van der Waals surface area (Å²) < 4.78 is 63.9. The van der Waals surface area contributed by atoms with Gasteiger partial charge < -0.3 is 5.73 Å². The molecule has 2 heterocycles. The van der Waals surface area contributed by atoms with Crippen molar-refractivity contribution in [1.82, 2.24) is 19.7 Å². The molecule has 0 spiro atoms. The molecule has 0 aliphatic carbocycles. The monoisotopic (exact) mass is 493 g/mol. The summed E-state index contributed by atoms with van der Waals surface area (Å²) in [5.41, 5.74) is 5.04. The Morgan fingerprint density at radius 1 is 1.12 bits per heavy atom. The fourth-order valence-corrected chi connectivity index (χ4v) is 2.80. The highest BCUT2D eigenvalue weighted by atomic mass is 19.4. The first kappa shape index (κ1) is 31.8. The molecule has 0 aliphatic heterocycles. The molecule has 1 atom stereocenters. The zero-order valence-corrected chi connectivity index (χ0v) is 21.3. The van der Waals surface area contributed by atoms with Crippen molar-refractivity contribution in [1.29, 1.82) is 0 Å². The molecule has 2 rings (SSSR count). The van der Waals surface area contributed by atoms with Gasteiger partial charge in [-0.2, -0.15) is 18.3 Å². The summed E-state index contributed by atoms with van der Waals surface area (Å²) in [7, 11) is 0. The third kappa shape index (κ3) is 11.3. The van der Waals surface area contributed by atoms with Gasteiger partial charge in [-0.15, -0.1) is 0 Å². The molecule has 0 aliphatic rings. The summed E-state index contributed by atoms with van der Waals surface area (Å²) in [4.78, 5) is 5.40. The van der Waals surface area contributed by atoms with Crippen LogP contribution in [0.2, 0.25) is 0 Å². The average molecular weight is 494 g/mol. The summed E-state index contributed by atoms with van der Waals surface area (Å²) in [5, 5.41) is 4.20. The van der Waals surface area contributed by atoms with Crippen LogP contribution in [0.1, 0.15) is 72.9 Å². The number of aromatic nitrogens is 3. The number of halogens is 5. The summed E-state index contributed by atoms with van der Waals surface area (Å²) in [6.07, 6.45) is -1.56. The SMILES string of the molecule is CC.CC(C)n1ccc(-c2cnc(N)c(C(F)(F)F)c2)n1.CCC(C)CCN(CC)CC(F)F. The molecule has 2 aromatic rings. The van der Waals surface area contributed by atoms with Gasteiger partial charge in [-0.3, -0.25) is 9.58 Å². The first-order valence-corrected chi connectivity index (χ1v) is 11.8. The maximum atomic E-state index is 12.7. The van der Waals surface area contributed by atoms with E-state index in [0.29, 0.717) is 17.2 Å². The molecule has 34 heavy (non-hydrogen) atoms. The van der Waals surface area contributed by atoms with Crippen molar-refractivity contribution in [2.45, 2.75) is 80.0 Å². The number of hydrogen-bond acceptors (Lipinski definition) is 4. The minimum atomic E-state index is -4.52. The van der Waals surface area contributed by atoms with Crippen LogP contribution >= 0.6 is 0 Å². The molecule has 10 heteroatoms. The maximum Gasteiger partial charge on any atom is 0.419 e. The van der Waals surface area contributed by atoms with Crippen LogP contribution in [0.4, 0.5) is 27.8 Å². The number of nitrogen functional groups attached to an aromatic ring is 1. The molecular formula is C24H40F5N5. The number of anilines is 1. The Balaban J connectivity index is 0.000000639. The summed E-state index contributed by atoms with van der Waals surface area (Å²) >= 11 is 0. The van der Waals surface area contributed by atoms with Gasteiger partial charge >= 0.3 is 6.18 Å². The van der Waals surface area contributed by atoms with E-state index in [-0.39, 0.29) is 12.6 Å². The van der Waals surface area contributed by atoms with E-state index >= 15 is 0 Å². The van der Waals surface area contributed by atoms with E-state index in [1.54, 1.807) is 16.9 Å². The van der Waals surface area contributed by atoms with E-state index in [1.165, 1.54) is 6.20 Å². The van der Waals surface area contributed by atoms with Crippen molar-refractivity contribution >= 4 is 5.82 Å². The van der Waals surface area contributed by atoms with Gasteiger partial charge in [-0.1, -0.05) is 41.0 Å². The predicted octanol–water partition coefficient (Wildman–Crippen LogP) is 7.16. The highest BCUT2D eigenvalue weighted by Gasteiger charge is 2.34. The van der Waals surface area contributed by atoms with E-state index < -0.39 is 24.0 Å². The van der Waals surface area contributed by atoms with Crippen LogP contribution in [-0.4, -0.2) is 45.7 Å². The van der Waals surface area contributed by atoms with Gasteiger partial charge in [0, 0.05) is 24.0 Å². The van der Waals surface area contributed by atoms with E-state index in [2.05, 4.69) is 23.9 Å². The number of alkyl halides is 5. The Kier molecular flexibility index (Phi) is 14.6. The molecule has 1 unspecified atom stereocenters. The summed E-state index contributed by atoms with van der Waals surface area (Å²) in [5.74, 6) is 0.117. The summed E-state index contributed by atoms with van der Waals surface area (Å²) in [6, 6.07) is 2.75. The molecule has 2 N–H and O–H groups in total. The van der Waals surface area contributed by atoms with Crippen molar-refractivity contribution in [2.24, 2.45) is 5.92 Å². The molecule has 0 radical (unpaired) electrons. The molecule has 196 valence electrons. The summed E-state index contributed by atoms with van der Waals surface area (Å²) in [6.45, 7) is 15.5. The van der Waals surface area contributed by atoms with Crippen molar-refractivity contribution in [3.8, 4) is 11.3 Å². The molecule has 2 aromatic heterocycles. The first-order valence-electron chi connectivity index (χ1n) is 11.8. The zero-order valence-electron chi connectivity index (χ0n) is 21.3. The molecule has 0 bridgehead atoms. The maximum absolute atomic E-state index is 12.7. The van der Waals surface area contributed by atoms with Crippen LogP contribution < -0.4 is 5.73 Å². The van der Waals surface area contributed by atoms with Crippen LogP contribution in [0, 0.1) is 5.92 Å². The van der Waals surface area contributed by atoms with Gasteiger partial charge in [0.25, 0.3) is 6.43 Å². The minimum Gasteiger partial charge on any atom is -0.383 e. The topological polar surface area (TPSA) is 60.0 Å². The van der Waals surface area contributed by atoms with Gasteiger partial charge in [0.2, 0.25) is 0 Å². The number of nitrogens with zero attached hydrogens (tertiary/aromatic N) is 4. The van der Waals surface area contributed by atoms with Gasteiger partial charge in [0.1, 0.15) is 5.82 Å². The second kappa shape index (κ2) is 15.6. The first-order chi connectivity index (χ1) is 15.9. The van der Waals surface area contributed by atoms with Crippen LogP contribution in [0.25, 0.3) is 11.3 Å². The lowest BCUT2D eigenvalue weighted by molar-refractivity contribution is -0.137. The molecule has 0 saturated carbocycles. The van der Waals surface area contributed by atoms with Crippen molar-refractivity contribution in [3.05, 3.63) is 30.1 Å². The number of pyridine rings is 1. The normalized spacial score (nSPS) is 12.3. The van der Waals surface area contributed by atoms with Crippen molar-refractivity contribution < 1.29 is 22.0 Å². The van der Waals surface area contributed by atoms with Crippen LogP contribution in [0.5, 0.6) is 0 Å². The molecular weight excluding hydrogens is 453 g/mol. The highest BCUT2D eigenvalue weighted by molar-refractivity contribution is 5.61. The van der Waals surface area contributed by atoms with Crippen molar-refractivity contribution in [2.75, 3.05) is 25.4 Å². The highest BCUT2D eigenvalue weighted by Crippen LogP contribution is 2.34. The number of nitrogens with two attached hydrogens (primary N) is 1. The Bertz CT molecular complexity index is 805. The van der Waals surface area contributed by atoms with Gasteiger partial charge in [0.15, 0.2) is 0 Å². The fourth-order valence-electron chi connectivity index (χ4n) is 2.80. The lowest BCUT2D eigenvalue weighted by Crippen LogP contribution is -2.30. The zero-order chi connectivity index (χ0) is 26.5. The Morgan fingerprint density at radius 2 is 1.74 bits per heavy atom. The Morgan fingerprint density at radius 3 is 2.18 bits per heavy atom. The Labute approximate surface area is 200 Å². The molecule has 0 amide bonds. The molecule has 0 fully saturated rings. The third-order valence-corrected chi connectivity index (χ3v) is 5.14. The van der Waals surface area contributed by atoms with E-state index in [4.69, 9.17) is 5.73 Å². The Hall–Kier alpha value is -2.23. The second-order valence-electron chi connectivity index (χ2n) is 8.02. The lowest BCUT2D eigenvalue weighted by Gasteiger charge is -2.21. The largest absolute Gasteiger partial charge is 0.419 e. The smallest absolute Gasteiger partial charge is 0.383 e.